The Morgan fingerprint density at radius 3 is 2.56 bits per heavy atom. The Labute approximate surface area is 94.8 Å². The fourth-order valence-electron chi connectivity index (χ4n) is 1.53. The number of aromatic nitrogens is 1. The van der Waals surface area contributed by atoms with Crippen molar-refractivity contribution in [3.63, 3.8) is 0 Å². The predicted octanol–water partition coefficient (Wildman–Crippen LogP) is 0.914. The molecule has 0 aliphatic carbocycles. The van der Waals surface area contributed by atoms with Gasteiger partial charge >= 0.3 is 0 Å². The zero-order valence-electron chi connectivity index (χ0n) is 9.44. The molecule has 90 valence electrons. The Balaban J connectivity index is 3.14. The highest BCUT2D eigenvalue weighted by molar-refractivity contribution is 7.91. The van der Waals surface area contributed by atoms with E-state index in [9.17, 15) is 12.8 Å². The number of sulfone groups is 1. The minimum absolute atomic E-state index is 0.315. The predicted molar refractivity (Wildman–Crippen MR) is 60.3 cm³/mol. The van der Waals surface area contributed by atoms with E-state index in [4.69, 9.17) is 0 Å². The van der Waals surface area contributed by atoms with Gasteiger partial charge in [0.25, 0.3) is 0 Å². The van der Waals surface area contributed by atoms with Gasteiger partial charge < -0.3 is 5.32 Å². The quantitative estimate of drug-likeness (QED) is 0.858. The van der Waals surface area contributed by atoms with Crippen LogP contribution in [0.5, 0.6) is 0 Å². The van der Waals surface area contributed by atoms with Crippen LogP contribution in [0.4, 0.5) is 4.39 Å². The number of rotatable bonds is 4. The first kappa shape index (κ1) is 13.1. The second-order valence-corrected chi connectivity index (χ2v) is 6.10. The normalized spacial score (nSPS) is 15.8. The van der Waals surface area contributed by atoms with E-state index >= 15 is 0 Å². The summed E-state index contributed by atoms with van der Waals surface area (Å²) in [7, 11) is -1.63. The summed E-state index contributed by atoms with van der Waals surface area (Å²) in [4.78, 5) is 3.63. The highest BCUT2D eigenvalue weighted by Crippen LogP contribution is 2.22. The van der Waals surface area contributed by atoms with Crippen LogP contribution >= 0.6 is 0 Å². The van der Waals surface area contributed by atoms with E-state index in [-0.39, 0.29) is 0 Å². The van der Waals surface area contributed by atoms with E-state index in [1.54, 1.807) is 14.0 Å². The number of hydrogen-bond acceptors (Lipinski definition) is 4. The van der Waals surface area contributed by atoms with Crippen molar-refractivity contribution in [2.45, 2.75) is 18.2 Å². The van der Waals surface area contributed by atoms with Crippen LogP contribution in [0.2, 0.25) is 0 Å². The van der Waals surface area contributed by atoms with Crippen molar-refractivity contribution in [3.05, 3.63) is 29.8 Å². The number of pyridine rings is 1. The summed E-state index contributed by atoms with van der Waals surface area (Å²) in [6.07, 6.45) is 3.66. The fourth-order valence-corrected chi connectivity index (χ4v) is 2.31. The van der Waals surface area contributed by atoms with Crippen LogP contribution in [0.25, 0.3) is 0 Å². The van der Waals surface area contributed by atoms with Crippen LogP contribution in [0.1, 0.15) is 18.5 Å². The molecule has 4 nitrogen and oxygen atoms in total. The summed E-state index contributed by atoms with van der Waals surface area (Å²) in [5, 5.41) is 2.12. The van der Waals surface area contributed by atoms with Crippen molar-refractivity contribution in [3.8, 4) is 0 Å². The molecule has 0 saturated heterocycles. The van der Waals surface area contributed by atoms with E-state index < -0.39 is 26.9 Å². The van der Waals surface area contributed by atoms with Crippen molar-refractivity contribution >= 4 is 9.84 Å². The minimum Gasteiger partial charge on any atom is -0.312 e. The van der Waals surface area contributed by atoms with Crippen LogP contribution in [0, 0.1) is 5.82 Å². The molecule has 0 aromatic carbocycles. The lowest BCUT2D eigenvalue weighted by atomic mass is 10.1. The molecule has 0 aliphatic rings. The molecular formula is C10H15FN2O2S. The molecule has 0 saturated carbocycles. The monoisotopic (exact) mass is 246 g/mol. The van der Waals surface area contributed by atoms with Crippen LogP contribution < -0.4 is 5.32 Å². The van der Waals surface area contributed by atoms with Gasteiger partial charge in [-0.3, -0.25) is 4.98 Å². The van der Waals surface area contributed by atoms with Gasteiger partial charge in [0.15, 0.2) is 9.84 Å². The number of halogens is 1. The average Bonchev–Trinajstić information content (AvgIpc) is 2.20. The standard InChI is InChI=1S/C10H15FN2O2S/c1-7(16(3,14)15)10(12-2)8-4-5-13-6-9(8)11/h4-7,10,12H,1-3H3. The second kappa shape index (κ2) is 4.88. The zero-order valence-corrected chi connectivity index (χ0v) is 10.3. The summed E-state index contributed by atoms with van der Waals surface area (Å²) in [6.45, 7) is 1.55. The highest BCUT2D eigenvalue weighted by Gasteiger charge is 2.27. The summed E-state index contributed by atoms with van der Waals surface area (Å²) < 4.78 is 36.4. The second-order valence-electron chi connectivity index (χ2n) is 3.70. The van der Waals surface area contributed by atoms with Gasteiger partial charge in [-0.15, -0.1) is 0 Å². The summed E-state index contributed by atoms with van der Waals surface area (Å²) in [6, 6.07) is 0.913. The maximum atomic E-state index is 13.5. The average molecular weight is 246 g/mol. The summed E-state index contributed by atoms with van der Waals surface area (Å²) >= 11 is 0. The molecule has 2 unspecified atom stereocenters. The van der Waals surface area contributed by atoms with Gasteiger partial charge in [0.2, 0.25) is 0 Å². The lowest BCUT2D eigenvalue weighted by Crippen LogP contribution is -2.33. The van der Waals surface area contributed by atoms with E-state index in [1.807, 2.05) is 0 Å². The molecule has 16 heavy (non-hydrogen) atoms. The molecule has 1 heterocycles. The molecule has 1 rings (SSSR count). The molecule has 1 aromatic rings. The molecule has 1 aromatic heterocycles. The number of hydrogen-bond donors (Lipinski definition) is 1. The van der Waals surface area contributed by atoms with Gasteiger partial charge in [-0.05, 0) is 20.0 Å². The minimum atomic E-state index is -3.23. The molecule has 0 bridgehead atoms. The van der Waals surface area contributed by atoms with Gasteiger partial charge in [-0.1, -0.05) is 0 Å². The molecular weight excluding hydrogens is 231 g/mol. The Kier molecular flexibility index (Phi) is 3.98. The van der Waals surface area contributed by atoms with Crippen molar-refractivity contribution in [2.75, 3.05) is 13.3 Å². The Morgan fingerprint density at radius 1 is 1.50 bits per heavy atom. The SMILES string of the molecule is CNC(c1ccncc1F)C(C)S(C)(=O)=O. The molecule has 6 heteroatoms. The Morgan fingerprint density at radius 2 is 2.12 bits per heavy atom. The van der Waals surface area contributed by atoms with Crippen LogP contribution in [-0.4, -0.2) is 32.0 Å². The van der Waals surface area contributed by atoms with E-state index in [1.165, 1.54) is 12.3 Å². The Bertz CT molecular complexity index is 462. The van der Waals surface area contributed by atoms with Crippen molar-refractivity contribution in [2.24, 2.45) is 0 Å². The summed E-state index contributed by atoms with van der Waals surface area (Å²) in [5.41, 5.74) is 0.315. The molecule has 0 spiro atoms. The van der Waals surface area contributed by atoms with Crippen molar-refractivity contribution in [1.29, 1.82) is 0 Å². The third-order valence-electron chi connectivity index (χ3n) is 2.59. The molecule has 0 amide bonds. The number of nitrogens with zero attached hydrogens (tertiary/aromatic N) is 1. The largest absolute Gasteiger partial charge is 0.312 e. The van der Waals surface area contributed by atoms with E-state index in [0.29, 0.717) is 5.56 Å². The van der Waals surface area contributed by atoms with Crippen molar-refractivity contribution < 1.29 is 12.8 Å². The van der Waals surface area contributed by atoms with Crippen molar-refractivity contribution in [1.82, 2.24) is 10.3 Å². The first-order valence-corrected chi connectivity index (χ1v) is 6.79. The molecule has 0 radical (unpaired) electrons. The van der Waals surface area contributed by atoms with Crippen LogP contribution in [0.3, 0.4) is 0 Å². The van der Waals surface area contributed by atoms with Gasteiger partial charge in [-0.2, -0.15) is 0 Å². The van der Waals surface area contributed by atoms with Gasteiger partial charge in [-0.25, -0.2) is 12.8 Å². The third kappa shape index (κ3) is 2.76. The maximum Gasteiger partial charge on any atom is 0.151 e. The lowest BCUT2D eigenvalue weighted by molar-refractivity contribution is 0.506. The lowest BCUT2D eigenvalue weighted by Gasteiger charge is -2.22. The topological polar surface area (TPSA) is 59.1 Å². The Hall–Kier alpha value is -1.01. The van der Waals surface area contributed by atoms with Gasteiger partial charge in [0.05, 0.1) is 17.5 Å². The van der Waals surface area contributed by atoms with Gasteiger partial charge in [0, 0.05) is 18.0 Å². The van der Waals surface area contributed by atoms with Crippen LogP contribution in [-0.2, 0) is 9.84 Å². The molecule has 0 fully saturated rings. The van der Waals surface area contributed by atoms with E-state index in [2.05, 4.69) is 10.3 Å². The fraction of sp³-hybridized carbons (Fsp3) is 0.500. The molecule has 1 N–H and O–H groups in total. The summed E-state index contributed by atoms with van der Waals surface area (Å²) in [5.74, 6) is -0.502. The smallest absolute Gasteiger partial charge is 0.151 e. The van der Waals surface area contributed by atoms with E-state index in [0.717, 1.165) is 12.5 Å². The molecule has 2 atom stereocenters. The highest BCUT2D eigenvalue weighted by atomic mass is 32.2. The van der Waals surface area contributed by atoms with Crippen LogP contribution in [0.15, 0.2) is 18.5 Å². The van der Waals surface area contributed by atoms with Gasteiger partial charge in [0.1, 0.15) is 5.82 Å². The third-order valence-corrected chi connectivity index (χ3v) is 4.22. The number of nitrogens with one attached hydrogen (secondary N) is 1. The molecule has 0 aliphatic heterocycles. The zero-order chi connectivity index (χ0) is 12.3. The first-order chi connectivity index (χ1) is 7.38. The maximum absolute atomic E-state index is 13.5. The first-order valence-electron chi connectivity index (χ1n) is 4.83.